The standard InChI is InChI=1S/C11H14N6/c1-7-2-4-17(5-3-7)10-8-9(14-6-13-8)15-11(12)16-10/h2,6H,3-5H2,1H3,(H3,12,13,14,15,16). The number of H-pyrrole nitrogens is 1. The van der Waals surface area contributed by atoms with E-state index in [0.717, 1.165) is 30.8 Å². The molecule has 0 fully saturated rings. The van der Waals surface area contributed by atoms with Gasteiger partial charge in [-0.1, -0.05) is 11.6 Å². The van der Waals surface area contributed by atoms with Crippen molar-refractivity contribution in [1.29, 1.82) is 0 Å². The lowest BCUT2D eigenvalue weighted by Crippen LogP contribution is -2.29. The fourth-order valence-electron chi connectivity index (χ4n) is 2.03. The summed E-state index contributed by atoms with van der Waals surface area (Å²) in [6.07, 6.45) is 4.89. The maximum absolute atomic E-state index is 5.70. The topological polar surface area (TPSA) is 83.7 Å². The Morgan fingerprint density at radius 3 is 3.06 bits per heavy atom. The highest BCUT2D eigenvalue weighted by Crippen LogP contribution is 2.24. The van der Waals surface area contributed by atoms with Crippen molar-refractivity contribution in [1.82, 2.24) is 19.9 Å². The van der Waals surface area contributed by atoms with E-state index in [1.54, 1.807) is 6.33 Å². The Kier molecular flexibility index (Phi) is 2.21. The molecule has 6 nitrogen and oxygen atoms in total. The molecule has 2 aromatic heterocycles. The molecule has 17 heavy (non-hydrogen) atoms. The number of aromatic amines is 1. The number of aromatic nitrogens is 4. The molecule has 6 heteroatoms. The summed E-state index contributed by atoms with van der Waals surface area (Å²) >= 11 is 0. The average Bonchev–Trinajstić information content (AvgIpc) is 2.77. The zero-order valence-corrected chi connectivity index (χ0v) is 9.64. The molecule has 1 aliphatic rings. The molecule has 0 bridgehead atoms. The number of nitrogens with zero attached hydrogens (tertiary/aromatic N) is 4. The summed E-state index contributed by atoms with van der Waals surface area (Å²) in [6, 6.07) is 0. The van der Waals surface area contributed by atoms with Gasteiger partial charge in [0.2, 0.25) is 5.95 Å². The summed E-state index contributed by atoms with van der Waals surface area (Å²) in [4.78, 5) is 17.8. The van der Waals surface area contributed by atoms with Crippen molar-refractivity contribution < 1.29 is 0 Å². The molecule has 88 valence electrons. The average molecular weight is 230 g/mol. The van der Waals surface area contributed by atoms with Crippen molar-refractivity contribution in [2.24, 2.45) is 0 Å². The lowest BCUT2D eigenvalue weighted by atomic mass is 10.1. The van der Waals surface area contributed by atoms with Crippen LogP contribution in [0.3, 0.4) is 0 Å². The fraction of sp³-hybridized carbons (Fsp3) is 0.364. The first-order chi connectivity index (χ1) is 8.24. The molecule has 3 heterocycles. The van der Waals surface area contributed by atoms with Crippen LogP contribution in [0.1, 0.15) is 13.3 Å². The Balaban J connectivity index is 2.07. The quantitative estimate of drug-likeness (QED) is 0.716. The van der Waals surface area contributed by atoms with Crippen molar-refractivity contribution >= 4 is 22.9 Å². The maximum atomic E-state index is 5.70. The third-order valence-electron chi connectivity index (χ3n) is 3.02. The van der Waals surface area contributed by atoms with E-state index in [-0.39, 0.29) is 5.95 Å². The molecule has 0 aliphatic carbocycles. The molecule has 3 N–H and O–H groups in total. The first kappa shape index (κ1) is 10.1. The van der Waals surface area contributed by atoms with Gasteiger partial charge in [-0.05, 0) is 13.3 Å². The predicted molar refractivity (Wildman–Crippen MR) is 66.7 cm³/mol. The van der Waals surface area contributed by atoms with Crippen LogP contribution >= 0.6 is 0 Å². The number of hydrogen-bond acceptors (Lipinski definition) is 5. The lowest BCUT2D eigenvalue weighted by molar-refractivity contribution is 0.778. The van der Waals surface area contributed by atoms with Gasteiger partial charge in [-0.15, -0.1) is 0 Å². The van der Waals surface area contributed by atoms with Gasteiger partial charge in [-0.25, -0.2) is 4.98 Å². The normalized spacial score (nSPS) is 16.3. The molecule has 0 saturated heterocycles. The highest BCUT2D eigenvalue weighted by molar-refractivity contribution is 5.84. The Bertz CT molecular complexity index is 585. The summed E-state index contributed by atoms with van der Waals surface area (Å²) < 4.78 is 0. The van der Waals surface area contributed by atoms with Crippen LogP contribution in [0.25, 0.3) is 11.2 Å². The number of anilines is 2. The summed E-state index contributed by atoms with van der Waals surface area (Å²) in [5.74, 6) is 1.11. The monoisotopic (exact) mass is 230 g/mol. The summed E-state index contributed by atoms with van der Waals surface area (Å²) in [5, 5.41) is 0. The van der Waals surface area contributed by atoms with E-state index in [2.05, 4.69) is 37.8 Å². The number of nitrogens with two attached hydrogens (primary N) is 1. The second-order valence-corrected chi connectivity index (χ2v) is 4.25. The predicted octanol–water partition coefficient (Wildman–Crippen LogP) is 1.09. The van der Waals surface area contributed by atoms with Gasteiger partial charge in [0.05, 0.1) is 6.33 Å². The third kappa shape index (κ3) is 1.71. The minimum Gasteiger partial charge on any atom is -0.368 e. The van der Waals surface area contributed by atoms with Crippen molar-refractivity contribution in [3.8, 4) is 0 Å². The smallest absolute Gasteiger partial charge is 0.224 e. The van der Waals surface area contributed by atoms with Crippen LogP contribution < -0.4 is 10.6 Å². The highest BCUT2D eigenvalue weighted by atomic mass is 15.2. The zero-order chi connectivity index (χ0) is 11.8. The van der Waals surface area contributed by atoms with Gasteiger partial charge in [0.25, 0.3) is 0 Å². The van der Waals surface area contributed by atoms with Gasteiger partial charge in [0.1, 0.15) is 5.52 Å². The van der Waals surface area contributed by atoms with Crippen LogP contribution in [0.5, 0.6) is 0 Å². The largest absolute Gasteiger partial charge is 0.368 e. The third-order valence-corrected chi connectivity index (χ3v) is 3.02. The van der Waals surface area contributed by atoms with E-state index < -0.39 is 0 Å². The SMILES string of the molecule is CC1=CCN(c2nc(N)nc3nc[nH]c23)CC1. The van der Waals surface area contributed by atoms with Crippen LogP contribution in [0.4, 0.5) is 11.8 Å². The molecule has 0 radical (unpaired) electrons. The summed E-state index contributed by atoms with van der Waals surface area (Å²) in [6.45, 7) is 3.96. The molecule has 0 amide bonds. The van der Waals surface area contributed by atoms with E-state index in [9.17, 15) is 0 Å². The van der Waals surface area contributed by atoms with Crippen molar-refractivity contribution in [2.45, 2.75) is 13.3 Å². The van der Waals surface area contributed by atoms with Crippen LogP contribution in [-0.2, 0) is 0 Å². The Hall–Kier alpha value is -2.11. The number of imidazole rings is 1. The first-order valence-electron chi connectivity index (χ1n) is 5.61. The minimum atomic E-state index is 0.269. The maximum Gasteiger partial charge on any atom is 0.224 e. The van der Waals surface area contributed by atoms with E-state index in [1.807, 2.05) is 0 Å². The van der Waals surface area contributed by atoms with E-state index in [1.165, 1.54) is 5.57 Å². The second kappa shape index (κ2) is 3.73. The summed E-state index contributed by atoms with van der Waals surface area (Å²) in [5.41, 5.74) is 8.60. The Labute approximate surface area is 98.6 Å². The molecule has 3 rings (SSSR count). The molecule has 2 aromatic rings. The number of rotatable bonds is 1. The van der Waals surface area contributed by atoms with Crippen molar-refractivity contribution in [3.05, 3.63) is 18.0 Å². The van der Waals surface area contributed by atoms with E-state index >= 15 is 0 Å². The number of nitrogen functional groups attached to an aromatic ring is 1. The van der Waals surface area contributed by atoms with E-state index in [0.29, 0.717) is 5.65 Å². The van der Waals surface area contributed by atoms with Gasteiger partial charge in [-0.3, -0.25) is 0 Å². The van der Waals surface area contributed by atoms with Crippen molar-refractivity contribution in [3.63, 3.8) is 0 Å². The van der Waals surface area contributed by atoms with Gasteiger partial charge in [0, 0.05) is 13.1 Å². The molecular weight excluding hydrogens is 216 g/mol. The lowest BCUT2D eigenvalue weighted by Gasteiger charge is -2.26. The van der Waals surface area contributed by atoms with Crippen LogP contribution in [0.2, 0.25) is 0 Å². The Morgan fingerprint density at radius 1 is 1.41 bits per heavy atom. The van der Waals surface area contributed by atoms with Gasteiger partial charge in [0.15, 0.2) is 11.5 Å². The molecule has 0 saturated carbocycles. The molecule has 0 atom stereocenters. The van der Waals surface area contributed by atoms with Gasteiger partial charge >= 0.3 is 0 Å². The van der Waals surface area contributed by atoms with Crippen molar-refractivity contribution in [2.75, 3.05) is 23.7 Å². The van der Waals surface area contributed by atoms with Crippen LogP contribution in [0.15, 0.2) is 18.0 Å². The molecular formula is C11H14N6. The molecule has 0 aromatic carbocycles. The van der Waals surface area contributed by atoms with Gasteiger partial charge in [-0.2, -0.15) is 9.97 Å². The summed E-state index contributed by atoms with van der Waals surface area (Å²) in [7, 11) is 0. The minimum absolute atomic E-state index is 0.269. The number of fused-ring (bicyclic) bond motifs is 1. The Morgan fingerprint density at radius 2 is 2.29 bits per heavy atom. The van der Waals surface area contributed by atoms with Crippen LogP contribution in [-0.4, -0.2) is 33.0 Å². The first-order valence-corrected chi connectivity index (χ1v) is 5.61. The number of nitrogens with one attached hydrogen (secondary N) is 1. The molecule has 0 spiro atoms. The van der Waals surface area contributed by atoms with Crippen LogP contribution in [0, 0.1) is 0 Å². The second-order valence-electron chi connectivity index (χ2n) is 4.25. The van der Waals surface area contributed by atoms with Gasteiger partial charge < -0.3 is 15.6 Å². The van der Waals surface area contributed by atoms with E-state index in [4.69, 9.17) is 5.73 Å². The molecule has 0 unspecified atom stereocenters. The fourth-order valence-corrected chi connectivity index (χ4v) is 2.03. The number of hydrogen-bond donors (Lipinski definition) is 2. The zero-order valence-electron chi connectivity index (χ0n) is 9.64. The highest BCUT2D eigenvalue weighted by Gasteiger charge is 2.17. The molecule has 1 aliphatic heterocycles.